The number of hydrogen-bond donors (Lipinski definition) is 0. The minimum absolute atomic E-state index is 1.10. The van der Waals surface area contributed by atoms with Gasteiger partial charge in [0.2, 0.25) is 0 Å². The SMILES string of the molecule is CCC[CH2][Sn]1[CH2]CCC[O]1. The molecule has 1 nitrogen and oxygen atoms in total. The average molecular weight is 248 g/mol. The second-order valence-electron chi connectivity index (χ2n) is 2.95. The summed E-state index contributed by atoms with van der Waals surface area (Å²) < 4.78 is 8.76. The zero-order valence-electron chi connectivity index (χ0n) is 6.86. The summed E-state index contributed by atoms with van der Waals surface area (Å²) in [4.78, 5) is 0. The molecule has 0 aromatic rings. The molecule has 0 spiro atoms. The quantitative estimate of drug-likeness (QED) is 0.697. The van der Waals surface area contributed by atoms with Crippen LogP contribution in [0.15, 0.2) is 0 Å². The van der Waals surface area contributed by atoms with Crippen molar-refractivity contribution in [3.63, 3.8) is 0 Å². The van der Waals surface area contributed by atoms with Crippen LogP contribution in [0.5, 0.6) is 0 Å². The van der Waals surface area contributed by atoms with Crippen molar-refractivity contribution < 1.29 is 3.07 Å². The Morgan fingerprint density at radius 3 is 2.90 bits per heavy atom. The van der Waals surface area contributed by atoms with E-state index in [0.717, 1.165) is 6.61 Å². The van der Waals surface area contributed by atoms with Gasteiger partial charge in [0, 0.05) is 0 Å². The molecule has 1 aliphatic heterocycles. The van der Waals surface area contributed by atoms with Gasteiger partial charge < -0.3 is 0 Å². The van der Waals surface area contributed by atoms with E-state index in [4.69, 9.17) is 3.07 Å². The predicted octanol–water partition coefficient (Wildman–Crippen LogP) is 2.59. The average Bonchev–Trinajstić information content (AvgIpc) is 2.03. The first-order valence-electron chi connectivity index (χ1n) is 4.41. The maximum absolute atomic E-state index is 5.78. The summed E-state index contributed by atoms with van der Waals surface area (Å²) >= 11 is -1.16. The van der Waals surface area contributed by atoms with Crippen molar-refractivity contribution in [3.05, 3.63) is 0 Å². The molecule has 1 heterocycles. The molecule has 1 rings (SSSR count). The summed E-state index contributed by atoms with van der Waals surface area (Å²) in [5.74, 6) is 0. The third kappa shape index (κ3) is 3.24. The second-order valence-corrected chi connectivity index (χ2v) is 9.70. The summed E-state index contributed by atoms with van der Waals surface area (Å²) in [5.41, 5.74) is 0. The van der Waals surface area contributed by atoms with E-state index in [1.165, 1.54) is 34.6 Å². The van der Waals surface area contributed by atoms with Crippen LogP contribution in [-0.2, 0) is 3.07 Å². The van der Waals surface area contributed by atoms with Crippen molar-refractivity contribution in [1.82, 2.24) is 0 Å². The zero-order valence-corrected chi connectivity index (χ0v) is 9.71. The summed E-state index contributed by atoms with van der Waals surface area (Å²) in [6, 6.07) is 0. The van der Waals surface area contributed by atoms with Gasteiger partial charge in [0.15, 0.2) is 0 Å². The Morgan fingerprint density at radius 2 is 2.30 bits per heavy atom. The van der Waals surface area contributed by atoms with Crippen molar-refractivity contribution in [2.75, 3.05) is 6.61 Å². The van der Waals surface area contributed by atoms with Gasteiger partial charge in [-0.3, -0.25) is 0 Å². The summed E-state index contributed by atoms with van der Waals surface area (Å²) in [6.07, 6.45) is 5.58. The zero-order chi connectivity index (χ0) is 7.23. The van der Waals surface area contributed by atoms with Gasteiger partial charge in [0.1, 0.15) is 0 Å². The van der Waals surface area contributed by atoms with Crippen molar-refractivity contribution in [2.45, 2.75) is 41.5 Å². The normalized spacial score (nSPS) is 21.3. The molecule has 2 heteroatoms. The van der Waals surface area contributed by atoms with E-state index in [0.29, 0.717) is 0 Å². The maximum atomic E-state index is 5.78. The fraction of sp³-hybridized carbons (Fsp3) is 1.00. The fourth-order valence-corrected chi connectivity index (χ4v) is 8.03. The molecule has 0 unspecified atom stereocenters. The first-order chi connectivity index (χ1) is 4.93. The van der Waals surface area contributed by atoms with E-state index in [1.807, 2.05) is 0 Å². The fourth-order valence-electron chi connectivity index (χ4n) is 1.28. The molecule has 10 heavy (non-hydrogen) atoms. The van der Waals surface area contributed by atoms with E-state index in [2.05, 4.69) is 6.92 Å². The Labute approximate surface area is 71.4 Å². The number of hydrogen-bond acceptors (Lipinski definition) is 1. The van der Waals surface area contributed by atoms with Gasteiger partial charge in [-0.1, -0.05) is 0 Å². The van der Waals surface area contributed by atoms with Crippen LogP contribution >= 0.6 is 0 Å². The Kier molecular flexibility index (Phi) is 4.79. The third-order valence-corrected chi connectivity index (χ3v) is 8.91. The molecule has 0 N–H and O–H groups in total. The van der Waals surface area contributed by atoms with Gasteiger partial charge in [-0.25, -0.2) is 0 Å². The van der Waals surface area contributed by atoms with Crippen molar-refractivity contribution >= 4 is 20.2 Å². The van der Waals surface area contributed by atoms with E-state index in [9.17, 15) is 0 Å². The van der Waals surface area contributed by atoms with Crippen LogP contribution in [0.1, 0.15) is 32.6 Å². The van der Waals surface area contributed by atoms with Gasteiger partial charge in [0.25, 0.3) is 0 Å². The van der Waals surface area contributed by atoms with Gasteiger partial charge in [0.05, 0.1) is 0 Å². The van der Waals surface area contributed by atoms with Gasteiger partial charge in [-0.05, 0) is 0 Å². The van der Waals surface area contributed by atoms with E-state index >= 15 is 0 Å². The predicted molar refractivity (Wildman–Crippen MR) is 45.5 cm³/mol. The Bertz CT molecular complexity index is 79.3. The molecule has 0 amide bonds. The monoisotopic (exact) mass is 249 g/mol. The first-order valence-corrected chi connectivity index (χ1v) is 9.61. The molecule has 0 aliphatic carbocycles. The second kappa shape index (κ2) is 5.41. The standard InChI is InChI=1S/C4H8O.C4H9.Sn/c1-2-3-4-5;1-3-4-2;/h1-4H2;1,3-4H2,2H3;/q-1;;+1. The van der Waals surface area contributed by atoms with Crippen LogP contribution in [0, 0.1) is 0 Å². The summed E-state index contributed by atoms with van der Waals surface area (Å²) in [5, 5.41) is 0. The first kappa shape index (κ1) is 8.85. The molecule has 0 saturated carbocycles. The van der Waals surface area contributed by atoms with Gasteiger partial charge in [-0.15, -0.1) is 0 Å². The van der Waals surface area contributed by atoms with Crippen LogP contribution in [0.4, 0.5) is 0 Å². The Hall–Kier alpha value is 0.759. The van der Waals surface area contributed by atoms with Crippen LogP contribution < -0.4 is 0 Å². The molecular weight excluding hydrogens is 231 g/mol. The van der Waals surface area contributed by atoms with E-state index in [-0.39, 0.29) is 0 Å². The summed E-state index contributed by atoms with van der Waals surface area (Å²) in [6.45, 7) is 3.37. The van der Waals surface area contributed by atoms with Crippen LogP contribution in [-0.4, -0.2) is 26.8 Å². The molecule has 1 fully saturated rings. The molecule has 1 radical (unpaired) electrons. The minimum atomic E-state index is -1.16. The van der Waals surface area contributed by atoms with Crippen LogP contribution in [0.2, 0.25) is 8.87 Å². The van der Waals surface area contributed by atoms with Crippen LogP contribution in [0.3, 0.4) is 0 Å². The van der Waals surface area contributed by atoms with Crippen molar-refractivity contribution in [1.29, 1.82) is 0 Å². The molecule has 0 atom stereocenters. The Balaban J connectivity index is 2.02. The molecule has 0 aromatic heterocycles. The molecule has 1 saturated heterocycles. The molecule has 1 aliphatic rings. The van der Waals surface area contributed by atoms with Gasteiger partial charge >= 0.3 is 71.3 Å². The molecular formula is C8H17OSn. The summed E-state index contributed by atoms with van der Waals surface area (Å²) in [7, 11) is 0. The molecule has 59 valence electrons. The van der Waals surface area contributed by atoms with Crippen LogP contribution in [0.25, 0.3) is 0 Å². The van der Waals surface area contributed by atoms with Gasteiger partial charge in [-0.2, -0.15) is 0 Å². The molecule has 0 aromatic carbocycles. The van der Waals surface area contributed by atoms with E-state index < -0.39 is 20.2 Å². The Morgan fingerprint density at radius 1 is 1.40 bits per heavy atom. The third-order valence-electron chi connectivity index (χ3n) is 1.97. The van der Waals surface area contributed by atoms with E-state index in [1.54, 1.807) is 0 Å². The van der Waals surface area contributed by atoms with Crippen molar-refractivity contribution in [3.8, 4) is 0 Å². The number of unbranched alkanes of at least 4 members (excludes halogenated alkanes) is 1. The topological polar surface area (TPSA) is 9.23 Å². The van der Waals surface area contributed by atoms with Crippen molar-refractivity contribution in [2.24, 2.45) is 0 Å². The molecule has 0 bridgehead atoms. The number of rotatable bonds is 3.